The molecule has 0 aliphatic heterocycles. The highest BCUT2D eigenvalue weighted by atomic mass is 35.5. The first-order chi connectivity index (χ1) is 14.0. The van der Waals surface area contributed by atoms with Crippen LogP contribution in [-0.2, 0) is 4.79 Å². The molecule has 4 rings (SSSR count). The Hall–Kier alpha value is -2.61. The average molecular weight is 442 g/mol. The number of anilines is 1. The van der Waals surface area contributed by atoms with Crippen molar-refractivity contribution in [2.75, 3.05) is 5.32 Å². The van der Waals surface area contributed by atoms with Gasteiger partial charge in [0.2, 0.25) is 5.91 Å². The van der Waals surface area contributed by atoms with Gasteiger partial charge in [-0.25, -0.2) is 9.97 Å². The highest BCUT2D eigenvalue weighted by molar-refractivity contribution is 8.00. The summed E-state index contributed by atoms with van der Waals surface area (Å²) in [6, 6.07) is 14.6. The molecule has 0 fully saturated rings. The number of phenolic OH excluding ortho intramolecular Hbond substituents is 1. The van der Waals surface area contributed by atoms with Gasteiger partial charge in [-0.1, -0.05) is 53.7 Å². The van der Waals surface area contributed by atoms with Crippen LogP contribution in [0, 0.1) is 0 Å². The summed E-state index contributed by atoms with van der Waals surface area (Å²) >= 11 is 8.86. The van der Waals surface area contributed by atoms with Gasteiger partial charge in [0.1, 0.15) is 21.9 Å². The number of aromatic nitrogens is 2. The van der Waals surface area contributed by atoms with Crippen molar-refractivity contribution in [2.45, 2.75) is 17.2 Å². The molecular formula is C21H16ClN3O2S2. The van der Waals surface area contributed by atoms with Gasteiger partial charge in [-0.15, -0.1) is 11.3 Å². The number of thioether (sulfide) groups is 1. The van der Waals surface area contributed by atoms with Crippen LogP contribution >= 0.6 is 34.7 Å². The lowest BCUT2D eigenvalue weighted by Crippen LogP contribution is -2.22. The maximum absolute atomic E-state index is 12.7. The Morgan fingerprint density at radius 3 is 2.79 bits per heavy atom. The highest BCUT2D eigenvalue weighted by Crippen LogP contribution is 2.39. The largest absolute Gasteiger partial charge is 0.506 e. The first-order valence-corrected chi connectivity index (χ1v) is 10.9. The van der Waals surface area contributed by atoms with Crippen molar-refractivity contribution in [2.24, 2.45) is 0 Å². The molecule has 0 saturated heterocycles. The Morgan fingerprint density at radius 2 is 2.00 bits per heavy atom. The summed E-state index contributed by atoms with van der Waals surface area (Å²) in [6.07, 6.45) is 1.52. The Balaban J connectivity index is 1.61. The van der Waals surface area contributed by atoms with Crippen LogP contribution in [0.3, 0.4) is 0 Å². The molecule has 0 radical (unpaired) electrons. The first kappa shape index (κ1) is 19.7. The van der Waals surface area contributed by atoms with Crippen molar-refractivity contribution in [1.29, 1.82) is 0 Å². The highest BCUT2D eigenvalue weighted by Gasteiger charge is 2.20. The van der Waals surface area contributed by atoms with Crippen molar-refractivity contribution in [1.82, 2.24) is 9.97 Å². The third-order valence-corrected chi connectivity index (χ3v) is 6.52. The minimum Gasteiger partial charge on any atom is -0.506 e. The van der Waals surface area contributed by atoms with Gasteiger partial charge in [0, 0.05) is 16.0 Å². The fourth-order valence-electron chi connectivity index (χ4n) is 2.83. The predicted octanol–water partition coefficient (Wildman–Crippen LogP) is 5.84. The van der Waals surface area contributed by atoms with Crippen molar-refractivity contribution in [3.63, 3.8) is 0 Å². The molecule has 2 aromatic carbocycles. The number of amides is 1. The molecule has 0 aliphatic carbocycles. The van der Waals surface area contributed by atoms with Gasteiger partial charge in [0.05, 0.1) is 16.3 Å². The van der Waals surface area contributed by atoms with Crippen LogP contribution in [0.5, 0.6) is 5.75 Å². The summed E-state index contributed by atoms with van der Waals surface area (Å²) in [4.78, 5) is 22.4. The second-order valence-electron chi connectivity index (χ2n) is 6.29. The topological polar surface area (TPSA) is 75.1 Å². The smallest absolute Gasteiger partial charge is 0.237 e. The molecule has 0 bridgehead atoms. The number of carbonyl (C=O) groups is 1. The van der Waals surface area contributed by atoms with Crippen molar-refractivity contribution < 1.29 is 9.90 Å². The van der Waals surface area contributed by atoms with Crippen LogP contribution in [0.15, 0.2) is 65.3 Å². The number of nitrogens with one attached hydrogen (secondary N) is 1. The van der Waals surface area contributed by atoms with Gasteiger partial charge >= 0.3 is 0 Å². The molecule has 5 nitrogen and oxygen atoms in total. The van der Waals surface area contributed by atoms with E-state index in [1.165, 1.54) is 30.2 Å². The third-order valence-electron chi connectivity index (χ3n) is 4.29. The zero-order valence-corrected chi connectivity index (χ0v) is 17.7. The molecular weight excluding hydrogens is 426 g/mol. The van der Waals surface area contributed by atoms with Crippen LogP contribution in [0.25, 0.3) is 21.3 Å². The number of phenols is 1. The maximum atomic E-state index is 12.7. The monoisotopic (exact) mass is 441 g/mol. The van der Waals surface area contributed by atoms with E-state index in [1.54, 1.807) is 24.3 Å². The Bertz CT molecular complexity index is 1180. The van der Waals surface area contributed by atoms with Crippen LogP contribution in [0.2, 0.25) is 5.02 Å². The maximum Gasteiger partial charge on any atom is 0.237 e. The normalized spacial score (nSPS) is 12.1. The fourth-order valence-corrected chi connectivity index (χ4v) is 4.92. The molecule has 146 valence electrons. The van der Waals surface area contributed by atoms with E-state index in [4.69, 9.17) is 11.6 Å². The number of rotatable bonds is 5. The van der Waals surface area contributed by atoms with Gasteiger partial charge in [-0.05, 0) is 30.7 Å². The van der Waals surface area contributed by atoms with Gasteiger partial charge in [0.15, 0.2) is 0 Å². The molecule has 1 atom stereocenters. The lowest BCUT2D eigenvalue weighted by Gasteiger charge is -2.13. The van der Waals surface area contributed by atoms with Gasteiger partial charge < -0.3 is 10.4 Å². The molecule has 2 heterocycles. The second-order valence-corrected chi connectivity index (χ2v) is 8.91. The molecule has 2 N–H and O–H groups in total. The number of hydrogen-bond donors (Lipinski definition) is 2. The van der Waals surface area contributed by atoms with Gasteiger partial charge in [-0.3, -0.25) is 4.79 Å². The minimum atomic E-state index is -0.449. The van der Waals surface area contributed by atoms with Crippen LogP contribution in [-0.4, -0.2) is 26.2 Å². The number of fused-ring (bicyclic) bond motifs is 1. The summed E-state index contributed by atoms with van der Waals surface area (Å²) in [5.74, 6) is -0.288. The Morgan fingerprint density at radius 1 is 1.21 bits per heavy atom. The molecule has 4 aromatic rings. The summed E-state index contributed by atoms with van der Waals surface area (Å²) in [5, 5.41) is 16.4. The molecule has 29 heavy (non-hydrogen) atoms. The molecule has 8 heteroatoms. The molecule has 2 aromatic heterocycles. The van der Waals surface area contributed by atoms with Crippen LogP contribution < -0.4 is 5.32 Å². The second kappa shape index (κ2) is 8.41. The van der Waals surface area contributed by atoms with Crippen molar-refractivity contribution in [3.8, 4) is 16.9 Å². The molecule has 1 unspecified atom stereocenters. The molecule has 1 amide bonds. The lowest BCUT2D eigenvalue weighted by molar-refractivity contribution is -0.115. The van der Waals surface area contributed by atoms with E-state index < -0.39 is 5.25 Å². The van der Waals surface area contributed by atoms with E-state index in [1.807, 2.05) is 30.3 Å². The van der Waals surface area contributed by atoms with E-state index in [0.29, 0.717) is 5.02 Å². The number of hydrogen-bond acceptors (Lipinski definition) is 6. The van der Waals surface area contributed by atoms with E-state index in [0.717, 1.165) is 26.4 Å². The third kappa shape index (κ3) is 4.22. The number of carbonyl (C=O) groups excluding carboxylic acids is 1. The van der Waals surface area contributed by atoms with E-state index in [2.05, 4.69) is 20.7 Å². The number of aromatic hydroxyl groups is 1. The molecule has 0 aliphatic rings. The van der Waals surface area contributed by atoms with E-state index in [-0.39, 0.29) is 17.3 Å². The predicted molar refractivity (Wildman–Crippen MR) is 120 cm³/mol. The average Bonchev–Trinajstić information content (AvgIpc) is 3.16. The number of nitrogens with zero attached hydrogens (tertiary/aromatic N) is 2. The van der Waals surface area contributed by atoms with E-state index >= 15 is 0 Å². The lowest BCUT2D eigenvalue weighted by atomic mass is 10.1. The summed E-state index contributed by atoms with van der Waals surface area (Å²) in [5.41, 5.74) is 2.41. The molecule has 0 saturated carbocycles. The SMILES string of the molecule is CC(Sc1ncnc2scc(-c3ccccc3)c12)C(=O)Nc1cc(Cl)ccc1O. The van der Waals surface area contributed by atoms with Gasteiger partial charge in [-0.2, -0.15) is 0 Å². The zero-order valence-electron chi connectivity index (χ0n) is 15.3. The van der Waals surface area contributed by atoms with Gasteiger partial charge in [0.25, 0.3) is 0 Å². The minimum absolute atomic E-state index is 0.0337. The summed E-state index contributed by atoms with van der Waals surface area (Å²) in [7, 11) is 0. The summed E-state index contributed by atoms with van der Waals surface area (Å²) in [6.45, 7) is 1.80. The zero-order chi connectivity index (χ0) is 20.4. The first-order valence-electron chi connectivity index (χ1n) is 8.76. The molecule has 0 spiro atoms. The summed E-state index contributed by atoms with van der Waals surface area (Å²) < 4.78 is 0. The van der Waals surface area contributed by atoms with Crippen LogP contribution in [0.4, 0.5) is 5.69 Å². The standard InChI is InChI=1S/C21H16ClN3O2S2/c1-12(19(27)25-16-9-14(22)7-8-17(16)26)29-21-18-15(13-5-3-2-4-6-13)10-28-20(18)23-11-24-21/h2-12,26H,1H3,(H,25,27). The fraction of sp³-hybridized carbons (Fsp3) is 0.0952. The number of benzene rings is 2. The number of thiophene rings is 1. The van der Waals surface area contributed by atoms with E-state index in [9.17, 15) is 9.90 Å². The van der Waals surface area contributed by atoms with Crippen molar-refractivity contribution >= 4 is 56.5 Å². The number of halogens is 1. The van der Waals surface area contributed by atoms with Crippen LogP contribution in [0.1, 0.15) is 6.92 Å². The Labute approximate surface area is 180 Å². The van der Waals surface area contributed by atoms with Crippen molar-refractivity contribution in [3.05, 3.63) is 65.3 Å². The quantitative estimate of drug-likeness (QED) is 0.231. The Kier molecular flexibility index (Phi) is 5.71.